The van der Waals surface area contributed by atoms with Crippen molar-refractivity contribution in [1.29, 1.82) is 0 Å². The van der Waals surface area contributed by atoms with Crippen LogP contribution in [0.25, 0.3) is 0 Å². The van der Waals surface area contributed by atoms with Crippen molar-refractivity contribution >= 4 is 5.97 Å². The third kappa shape index (κ3) is 4.24. The second kappa shape index (κ2) is 6.86. The molecule has 13 heavy (non-hydrogen) atoms. The highest BCUT2D eigenvalue weighted by molar-refractivity contribution is 5.70. The first-order chi connectivity index (χ1) is 6.17. The fraction of sp³-hybridized carbons (Fsp3) is 0.889. The van der Waals surface area contributed by atoms with Crippen LogP contribution in [0.5, 0.6) is 0 Å². The molecular weight excluding hydrogens is 172 g/mol. The molecule has 0 aromatic rings. The molecule has 0 amide bonds. The number of aliphatic carboxylic acids is 1. The molecule has 0 radical (unpaired) electrons. The lowest BCUT2D eigenvalue weighted by molar-refractivity contribution is -0.172. The van der Waals surface area contributed by atoms with Gasteiger partial charge in [-0.1, -0.05) is 19.8 Å². The average Bonchev–Trinajstić information content (AvgIpc) is 2.11. The highest BCUT2D eigenvalue weighted by atomic mass is 16.7. The van der Waals surface area contributed by atoms with Crippen LogP contribution in [0.3, 0.4) is 0 Å². The molecular formula is C9H18O4. The van der Waals surface area contributed by atoms with Crippen LogP contribution in [-0.4, -0.2) is 31.6 Å². The summed E-state index contributed by atoms with van der Waals surface area (Å²) in [6.07, 6.45) is 1.81. The van der Waals surface area contributed by atoms with Crippen molar-refractivity contribution in [2.24, 2.45) is 5.92 Å². The number of carbonyl (C=O) groups is 1. The standard InChI is InChI=1S/C9H18O4/c1-4-5-6-7(8(10)11)9(12-2)13-3/h7,9H,4-6H2,1-3H3,(H,10,11). The Hall–Kier alpha value is -0.610. The number of hydrogen-bond donors (Lipinski definition) is 1. The van der Waals surface area contributed by atoms with Gasteiger partial charge in [0.05, 0.1) is 0 Å². The SMILES string of the molecule is CCCCC(C(=O)O)C(OC)OC. The summed E-state index contributed by atoms with van der Waals surface area (Å²) in [5.41, 5.74) is 0. The van der Waals surface area contributed by atoms with Gasteiger partial charge in [0.15, 0.2) is 6.29 Å². The number of rotatable bonds is 7. The molecule has 0 aliphatic heterocycles. The van der Waals surface area contributed by atoms with Gasteiger partial charge < -0.3 is 14.6 Å². The number of carboxylic acids is 1. The van der Waals surface area contributed by atoms with Crippen molar-refractivity contribution in [1.82, 2.24) is 0 Å². The molecule has 1 N–H and O–H groups in total. The minimum absolute atomic E-state index is 0.560. The molecule has 0 aliphatic rings. The van der Waals surface area contributed by atoms with Crippen LogP contribution in [-0.2, 0) is 14.3 Å². The molecule has 0 fully saturated rings. The largest absolute Gasteiger partial charge is 0.481 e. The number of carboxylic acid groups (broad SMARTS) is 1. The van der Waals surface area contributed by atoms with E-state index in [0.717, 1.165) is 12.8 Å². The van der Waals surface area contributed by atoms with Gasteiger partial charge in [0.25, 0.3) is 0 Å². The topological polar surface area (TPSA) is 55.8 Å². The second-order valence-corrected chi connectivity index (χ2v) is 2.93. The zero-order valence-electron chi connectivity index (χ0n) is 8.45. The first-order valence-corrected chi connectivity index (χ1v) is 4.45. The Balaban J connectivity index is 4.12. The summed E-state index contributed by atoms with van der Waals surface area (Å²) in [5, 5.41) is 8.87. The van der Waals surface area contributed by atoms with Gasteiger partial charge >= 0.3 is 5.97 Å². The van der Waals surface area contributed by atoms with Crippen molar-refractivity contribution in [3.05, 3.63) is 0 Å². The number of hydrogen-bond acceptors (Lipinski definition) is 3. The fourth-order valence-corrected chi connectivity index (χ4v) is 1.22. The van der Waals surface area contributed by atoms with Crippen LogP contribution in [0.4, 0.5) is 0 Å². The summed E-state index contributed by atoms with van der Waals surface area (Å²) in [7, 11) is 2.91. The Labute approximate surface area is 78.8 Å². The van der Waals surface area contributed by atoms with Gasteiger partial charge in [-0.3, -0.25) is 4.79 Å². The lowest BCUT2D eigenvalue weighted by Crippen LogP contribution is -2.31. The van der Waals surface area contributed by atoms with E-state index in [1.54, 1.807) is 0 Å². The van der Waals surface area contributed by atoms with Crippen LogP contribution in [0.2, 0.25) is 0 Å². The molecule has 78 valence electrons. The van der Waals surface area contributed by atoms with Gasteiger partial charge in [-0.05, 0) is 6.42 Å². The van der Waals surface area contributed by atoms with E-state index in [4.69, 9.17) is 14.6 Å². The third-order valence-electron chi connectivity index (χ3n) is 1.98. The van der Waals surface area contributed by atoms with Crippen LogP contribution in [0.1, 0.15) is 26.2 Å². The summed E-state index contributed by atoms with van der Waals surface area (Å²) >= 11 is 0. The number of unbranched alkanes of at least 4 members (excludes halogenated alkanes) is 1. The fourth-order valence-electron chi connectivity index (χ4n) is 1.22. The first-order valence-electron chi connectivity index (χ1n) is 4.45. The smallest absolute Gasteiger partial charge is 0.311 e. The molecule has 0 aliphatic carbocycles. The molecule has 0 bridgehead atoms. The summed E-state index contributed by atoms with van der Waals surface area (Å²) in [5.74, 6) is -1.42. The summed E-state index contributed by atoms with van der Waals surface area (Å²) in [6, 6.07) is 0. The van der Waals surface area contributed by atoms with Crippen molar-refractivity contribution in [2.45, 2.75) is 32.5 Å². The van der Waals surface area contributed by atoms with E-state index in [2.05, 4.69) is 0 Å². The van der Waals surface area contributed by atoms with Crippen LogP contribution in [0, 0.1) is 5.92 Å². The third-order valence-corrected chi connectivity index (χ3v) is 1.98. The van der Waals surface area contributed by atoms with E-state index in [1.807, 2.05) is 6.92 Å². The maximum atomic E-state index is 10.8. The Morgan fingerprint density at radius 2 is 1.92 bits per heavy atom. The zero-order valence-corrected chi connectivity index (χ0v) is 8.45. The van der Waals surface area contributed by atoms with Gasteiger partial charge in [-0.15, -0.1) is 0 Å². The predicted octanol–water partition coefficient (Wildman–Crippen LogP) is 1.50. The number of ether oxygens (including phenoxy) is 2. The summed E-state index contributed by atoms with van der Waals surface area (Å²) in [4.78, 5) is 10.8. The second-order valence-electron chi connectivity index (χ2n) is 2.93. The predicted molar refractivity (Wildman–Crippen MR) is 48.5 cm³/mol. The van der Waals surface area contributed by atoms with E-state index in [-0.39, 0.29) is 0 Å². The van der Waals surface area contributed by atoms with Crippen LogP contribution < -0.4 is 0 Å². The normalized spacial score (nSPS) is 13.2. The Morgan fingerprint density at radius 1 is 1.38 bits per heavy atom. The molecule has 0 rings (SSSR count). The van der Waals surface area contributed by atoms with Crippen LogP contribution in [0.15, 0.2) is 0 Å². The van der Waals surface area contributed by atoms with Crippen LogP contribution >= 0.6 is 0 Å². The molecule has 0 heterocycles. The molecule has 0 aromatic heterocycles. The van der Waals surface area contributed by atoms with E-state index in [0.29, 0.717) is 6.42 Å². The molecule has 4 heteroatoms. The van der Waals surface area contributed by atoms with Gasteiger partial charge in [0.2, 0.25) is 0 Å². The van der Waals surface area contributed by atoms with Crippen molar-refractivity contribution < 1.29 is 19.4 Å². The van der Waals surface area contributed by atoms with Gasteiger partial charge in [0.1, 0.15) is 5.92 Å². The highest BCUT2D eigenvalue weighted by Gasteiger charge is 2.27. The minimum atomic E-state index is -0.859. The molecule has 0 saturated carbocycles. The molecule has 1 unspecified atom stereocenters. The maximum absolute atomic E-state index is 10.8. The summed E-state index contributed by atoms with van der Waals surface area (Å²) in [6.45, 7) is 2.02. The Morgan fingerprint density at radius 3 is 2.23 bits per heavy atom. The highest BCUT2D eigenvalue weighted by Crippen LogP contribution is 2.16. The van der Waals surface area contributed by atoms with E-state index < -0.39 is 18.2 Å². The molecule has 0 aromatic carbocycles. The minimum Gasteiger partial charge on any atom is -0.481 e. The van der Waals surface area contributed by atoms with Crippen molar-refractivity contribution in [2.75, 3.05) is 14.2 Å². The average molecular weight is 190 g/mol. The van der Waals surface area contributed by atoms with Gasteiger partial charge in [-0.2, -0.15) is 0 Å². The zero-order chi connectivity index (χ0) is 10.3. The molecule has 0 spiro atoms. The van der Waals surface area contributed by atoms with E-state index in [9.17, 15) is 4.79 Å². The number of methoxy groups -OCH3 is 2. The van der Waals surface area contributed by atoms with E-state index >= 15 is 0 Å². The van der Waals surface area contributed by atoms with Crippen molar-refractivity contribution in [3.8, 4) is 0 Å². The Kier molecular flexibility index (Phi) is 6.54. The molecule has 4 nitrogen and oxygen atoms in total. The quantitative estimate of drug-likeness (QED) is 0.618. The molecule has 1 atom stereocenters. The summed E-state index contributed by atoms with van der Waals surface area (Å²) < 4.78 is 9.83. The Bertz CT molecular complexity index is 143. The van der Waals surface area contributed by atoms with E-state index in [1.165, 1.54) is 14.2 Å². The van der Waals surface area contributed by atoms with Crippen molar-refractivity contribution in [3.63, 3.8) is 0 Å². The maximum Gasteiger partial charge on any atom is 0.311 e. The molecule has 0 saturated heterocycles. The first kappa shape index (κ1) is 12.4. The van der Waals surface area contributed by atoms with Gasteiger partial charge in [0, 0.05) is 14.2 Å². The van der Waals surface area contributed by atoms with Gasteiger partial charge in [-0.25, -0.2) is 0 Å². The monoisotopic (exact) mass is 190 g/mol. The lowest BCUT2D eigenvalue weighted by Gasteiger charge is -2.20. The lowest BCUT2D eigenvalue weighted by atomic mass is 10.0.